The lowest BCUT2D eigenvalue weighted by atomic mass is 9.94. The number of nitrogens with zero attached hydrogens (tertiary/aromatic N) is 3. The van der Waals surface area contributed by atoms with Crippen LogP contribution in [0.1, 0.15) is 18.9 Å². The van der Waals surface area contributed by atoms with Gasteiger partial charge in [-0.1, -0.05) is 6.92 Å². The Hall–Kier alpha value is -2.81. The molecule has 0 bridgehead atoms. The van der Waals surface area contributed by atoms with Crippen LogP contribution in [0.3, 0.4) is 0 Å². The second kappa shape index (κ2) is 6.13. The van der Waals surface area contributed by atoms with Crippen LogP contribution in [0.4, 0.5) is 10.5 Å². The van der Waals surface area contributed by atoms with Gasteiger partial charge in [0.2, 0.25) is 0 Å². The van der Waals surface area contributed by atoms with Crippen LogP contribution < -0.4 is 10.2 Å². The monoisotopic (exact) mass is 310 g/mol. The molecule has 6 heteroatoms. The molecular formula is C17H18N4O2. The van der Waals surface area contributed by atoms with E-state index in [1.807, 2.05) is 18.2 Å². The summed E-state index contributed by atoms with van der Waals surface area (Å²) < 4.78 is 0. The smallest absolute Gasteiger partial charge is 0.404 e. The van der Waals surface area contributed by atoms with E-state index in [0.717, 1.165) is 24.0 Å². The zero-order chi connectivity index (χ0) is 16.4. The molecule has 1 aliphatic rings. The SMILES string of the molecule is CC1CC(NC(=O)O)CN(c2ccc(C#N)c3ncccc23)C1. The van der Waals surface area contributed by atoms with Crippen molar-refractivity contribution < 1.29 is 9.90 Å². The highest BCUT2D eigenvalue weighted by atomic mass is 16.4. The number of rotatable bonds is 2. The van der Waals surface area contributed by atoms with Gasteiger partial charge in [0, 0.05) is 36.4 Å². The van der Waals surface area contributed by atoms with Crippen LogP contribution in [0.5, 0.6) is 0 Å². The number of carbonyl (C=O) groups is 1. The minimum Gasteiger partial charge on any atom is -0.465 e. The third-order valence-corrected chi connectivity index (χ3v) is 4.20. The molecule has 2 aromatic rings. The van der Waals surface area contributed by atoms with Gasteiger partial charge in [0.05, 0.1) is 11.1 Å². The molecule has 2 N–H and O–H groups in total. The summed E-state index contributed by atoms with van der Waals surface area (Å²) in [6, 6.07) is 9.59. The van der Waals surface area contributed by atoms with E-state index in [1.165, 1.54) is 0 Å². The summed E-state index contributed by atoms with van der Waals surface area (Å²) >= 11 is 0. The van der Waals surface area contributed by atoms with Gasteiger partial charge in [-0.2, -0.15) is 5.26 Å². The van der Waals surface area contributed by atoms with Crippen molar-refractivity contribution in [2.24, 2.45) is 5.92 Å². The Kier molecular flexibility index (Phi) is 4.02. The van der Waals surface area contributed by atoms with Gasteiger partial charge in [-0.25, -0.2) is 4.79 Å². The average molecular weight is 310 g/mol. The minimum absolute atomic E-state index is 0.0985. The second-order valence-corrected chi connectivity index (χ2v) is 6.04. The van der Waals surface area contributed by atoms with Crippen LogP contribution in [0.2, 0.25) is 0 Å². The van der Waals surface area contributed by atoms with E-state index >= 15 is 0 Å². The number of nitriles is 1. The molecule has 1 saturated heterocycles. The first kappa shape index (κ1) is 15.1. The second-order valence-electron chi connectivity index (χ2n) is 6.04. The number of piperidine rings is 1. The van der Waals surface area contributed by atoms with Crippen LogP contribution in [-0.2, 0) is 0 Å². The lowest BCUT2D eigenvalue weighted by Crippen LogP contribution is -2.50. The van der Waals surface area contributed by atoms with Gasteiger partial charge in [-0.05, 0) is 36.6 Å². The molecule has 2 heterocycles. The summed E-state index contributed by atoms with van der Waals surface area (Å²) in [5.41, 5.74) is 2.24. The summed E-state index contributed by atoms with van der Waals surface area (Å²) in [5, 5.41) is 21.7. The van der Waals surface area contributed by atoms with Crippen molar-refractivity contribution >= 4 is 22.7 Å². The van der Waals surface area contributed by atoms with Crippen LogP contribution in [0.15, 0.2) is 30.5 Å². The number of carboxylic acid groups (broad SMARTS) is 1. The highest BCUT2D eigenvalue weighted by Crippen LogP contribution is 2.31. The van der Waals surface area contributed by atoms with Crippen molar-refractivity contribution in [2.75, 3.05) is 18.0 Å². The summed E-state index contributed by atoms with van der Waals surface area (Å²) in [4.78, 5) is 17.5. The van der Waals surface area contributed by atoms with Gasteiger partial charge in [-0.15, -0.1) is 0 Å². The predicted octanol–water partition coefficient (Wildman–Crippen LogP) is 2.59. The van der Waals surface area contributed by atoms with Gasteiger partial charge < -0.3 is 15.3 Å². The predicted molar refractivity (Wildman–Crippen MR) is 87.4 cm³/mol. The minimum atomic E-state index is -0.990. The number of amides is 1. The molecule has 23 heavy (non-hydrogen) atoms. The summed E-state index contributed by atoms with van der Waals surface area (Å²) in [6.45, 7) is 3.59. The van der Waals surface area contributed by atoms with Crippen molar-refractivity contribution in [1.82, 2.24) is 10.3 Å². The normalized spacial score (nSPS) is 21.0. The van der Waals surface area contributed by atoms with Crippen molar-refractivity contribution in [3.8, 4) is 6.07 Å². The molecule has 0 aliphatic carbocycles. The molecule has 0 radical (unpaired) electrons. The van der Waals surface area contributed by atoms with Gasteiger partial charge in [-0.3, -0.25) is 4.98 Å². The number of nitrogens with one attached hydrogen (secondary N) is 1. The summed E-state index contributed by atoms with van der Waals surface area (Å²) in [5.74, 6) is 0.378. The first-order valence-corrected chi connectivity index (χ1v) is 7.60. The van der Waals surface area contributed by atoms with Crippen molar-refractivity contribution in [1.29, 1.82) is 5.26 Å². The standard InChI is InChI=1S/C17H18N4O2/c1-11-7-13(20-17(22)23)10-21(9-11)15-5-4-12(8-18)16-14(15)3-2-6-19-16/h2-6,11,13,20H,7,9-10H2,1H3,(H,22,23). The van der Waals surface area contributed by atoms with Crippen LogP contribution in [-0.4, -0.2) is 35.3 Å². The molecule has 1 amide bonds. The van der Waals surface area contributed by atoms with Gasteiger partial charge in [0.1, 0.15) is 6.07 Å². The van der Waals surface area contributed by atoms with E-state index < -0.39 is 6.09 Å². The third-order valence-electron chi connectivity index (χ3n) is 4.20. The maximum absolute atomic E-state index is 10.9. The summed E-state index contributed by atoms with van der Waals surface area (Å²) in [6.07, 6.45) is 1.52. The maximum Gasteiger partial charge on any atom is 0.404 e. The highest BCUT2D eigenvalue weighted by molar-refractivity contribution is 5.95. The molecule has 1 aromatic heterocycles. The lowest BCUT2D eigenvalue weighted by molar-refractivity contribution is 0.186. The summed E-state index contributed by atoms with van der Waals surface area (Å²) in [7, 11) is 0. The molecule has 2 atom stereocenters. The van der Waals surface area contributed by atoms with E-state index in [9.17, 15) is 10.1 Å². The molecule has 3 rings (SSSR count). The van der Waals surface area contributed by atoms with Crippen LogP contribution >= 0.6 is 0 Å². The number of pyridine rings is 1. The van der Waals surface area contributed by atoms with Crippen LogP contribution in [0.25, 0.3) is 10.9 Å². The Balaban J connectivity index is 1.99. The van der Waals surface area contributed by atoms with Crippen molar-refractivity contribution in [2.45, 2.75) is 19.4 Å². The van der Waals surface area contributed by atoms with E-state index in [2.05, 4.69) is 28.2 Å². The molecule has 118 valence electrons. The molecule has 6 nitrogen and oxygen atoms in total. The molecule has 1 aromatic carbocycles. The molecule has 2 unspecified atom stereocenters. The number of hydrogen-bond acceptors (Lipinski definition) is 4. The zero-order valence-corrected chi connectivity index (χ0v) is 12.9. The number of aromatic nitrogens is 1. The Morgan fingerprint density at radius 2 is 2.26 bits per heavy atom. The fourth-order valence-corrected chi connectivity index (χ4v) is 3.35. The Bertz CT molecular complexity index is 784. The largest absolute Gasteiger partial charge is 0.465 e. The van der Waals surface area contributed by atoms with Gasteiger partial charge in [0.15, 0.2) is 0 Å². The van der Waals surface area contributed by atoms with Crippen LogP contribution in [0, 0.1) is 17.2 Å². The quantitative estimate of drug-likeness (QED) is 0.890. The first-order valence-electron chi connectivity index (χ1n) is 7.60. The van der Waals surface area contributed by atoms with E-state index in [-0.39, 0.29) is 6.04 Å². The highest BCUT2D eigenvalue weighted by Gasteiger charge is 2.27. The molecule has 0 saturated carbocycles. The molecule has 0 spiro atoms. The Morgan fingerprint density at radius 3 is 3.00 bits per heavy atom. The number of fused-ring (bicyclic) bond motifs is 1. The van der Waals surface area contributed by atoms with E-state index in [4.69, 9.17) is 5.11 Å². The zero-order valence-electron chi connectivity index (χ0n) is 12.9. The third kappa shape index (κ3) is 3.04. The van der Waals surface area contributed by atoms with E-state index in [0.29, 0.717) is 23.5 Å². The fraction of sp³-hybridized carbons (Fsp3) is 0.353. The first-order chi connectivity index (χ1) is 11.1. The molecule has 1 aliphatic heterocycles. The maximum atomic E-state index is 10.9. The fourth-order valence-electron chi connectivity index (χ4n) is 3.35. The van der Waals surface area contributed by atoms with Crippen molar-refractivity contribution in [3.63, 3.8) is 0 Å². The van der Waals surface area contributed by atoms with Gasteiger partial charge >= 0.3 is 6.09 Å². The topological polar surface area (TPSA) is 89.2 Å². The average Bonchev–Trinajstić information content (AvgIpc) is 2.52. The molecule has 1 fully saturated rings. The Labute approximate surface area is 134 Å². The number of benzene rings is 1. The van der Waals surface area contributed by atoms with Crippen molar-refractivity contribution in [3.05, 3.63) is 36.0 Å². The Morgan fingerprint density at radius 1 is 1.43 bits per heavy atom. The van der Waals surface area contributed by atoms with Gasteiger partial charge in [0.25, 0.3) is 0 Å². The van der Waals surface area contributed by atoms with E-state index in [1.54, 1.807) is 12.3 Å². The number of hydrogen-bond donors (Lipinski definition) is 2. The number of anilines is 1. The molecular weight excluding hydrogens is 292 g/mol. The lowest BCUT2D eigenvalue weighted by Gasteiger charge is -2.38.